The van der Waals surface area contributed by atoms with E-state index < -0.39 is 8.24 Å². The Labute approximate surface area is 148 Å². The number of unbranched alkanes of at least 4 members (excludes halogenated alkanes) is 2. The number of hydrogen-bond donors (Lipinski definition) is 1. The van der Waals surface area contributed by atoms with E-state index >= 15 is 0 Å². The Morgan fingerprint density at radius 1 is 0.739 bits per heavy atom. The highest BCUT2D eigenvalue weighted by molar-refractivity contribution is 6.77. The molecule has 2 nitrogen and oxygen atoms in total. The minimum Gasteiger partial charge on any atom is -0.331 e. The Balaban J connectivity index is 5.13. The van der Waals surface area contributed by atoms with Gasteiger partial charge < -0.3 is 9.88 Å². The maximum absolute atomic E-state index is 4.31. The van der Waals surface area contributed by atoms with Crippen molar-refractivity contribution in [3.05, 3.63) is 0 Å². The van der Waals surface area contributed by atoms with Gasteiger partial charge in [-0.05, 0) is 56.9 Å². The quantitative estimate of drug-likeness (QED) is 0.365. The van der Waals surface area contributed by atoms with Crippen LogP contribution in [0.2, 0.25) is 18.1 Å². The predicted octanol–water partition coefficient (Wildman–Crippen LogP) is 6.04. The highest BCUT2D eigenvalue weighted by Gasteiger charge is 2.37. The lowest BCUT2D eigenvalue weighted by Crippen LogP contribution is -2.64. The molecule has 0 aromatic carbocycles. The lowest BCUT2D eigenvalue weighted by atomic mass is 9.93. The van der Waals surface area contributed by atoms with Gasteiger partial charge in [-0.1, -0.05) is 61.3 Å². The van der Waals surface area contributed by atoms with Crippen LogP contribution in [-0.2, 0) is 0 Å². The minimum absolute atomic E-state index is 0.329. The summed E-state index contributed by atoms with van der Waals surface area (Å²) in [5.41, 5.74) is 0.329. The van der Waals surface area contributed by atoms with Crippen LogP contribution in [0.3, 0.4) is 0 Å². The molecule has 0 aromatic heterocycles. The first-order valence-corrected chi connectivity index (χ1v) is 13.1. The zero-order valence-corrected chi connectivity index (χ0v) is 18.4. The smallest absolute Gasteiger partial charge is 0.125 e. The molecule has 0 aliphatic heterocycles. The minimum atomic E-state index is -1.30. The summed E-state index contributed by atoms with van der Waals surface area (Å²) in [6.45, 7) is 20.4. The van der Waals surface area contributed by atoms with Gasteiger partial charge >= 0.3 is 0 Å². The van der Waals surface area contributed by atoms with Crippen LogP contribution in [0.5, 0.6) is 0 Å². The largest absolute Gasteiger partial charge is 0.331 e. The molecule has 0 atom stereocenters. The summed E-state index contributed by atoms with van der Waals surface area (Å²) in [7, 11) is -1.30. The monoisotopic (exact) mass is 342 g/mol. The third-order valence-corrected chi connectivity index (χ3v) is 11.2. The SMILES string of the molecule is CCCCN(CCCC)CC(CC)(CC)N[Si](CC)(CC)CC. The Kier molecular flexibility index (Phi) is 12.6. The molecule has 0 spiro atoms. The molecule has 0 radical (unpaired) electrons. The van der Waals surface area contributed by atoms with E-state index in [2.05, 4.69) is 58.3 Å². The average molecular weight is 343 g/mol. The fourth-order valence-corrected chi connectivity index (χ4v) is 7.32. The fourth-order valence-electron chi connectivity index (χ4n) is 3.73. The van der Waals surface area contributed by atoms with Crippen LogP contribution in [-0.4, -0.2) is 38.3 Å². The highest BCUT2D eigenvalue weighted by Crippen LogP contribution is 2.26. The molecular weight excluding hydrogens is 296 g/mol. The first-order valence-electron chi connectivity index (χ1n) is 10.5. The van der Waals surface area contributed by atoms with E-state index in [9.17, 15) is 0 Å². The lowest BCUT2D eigenvalue weighted by molar-refractivity contribution is 0.180. The van der Waals surface area contributed by atoms with Crippen molar-refractivity contribution in [2.45, 2.75) is 111 Å². The van der Waals surface area contributed by atoms with Crippen molar-refractivity contribution < 1.29 is 0 Å². The third kappa shape index (κ3) is 7.70. The van der Waals surface area contributed by atoms with Gasteiger partial charge in [0.2, 0.25) is 0 Å². The number of nitrogens with zero attached hydrogens (tertiary/aromatic N) is 1. The molecule has 140 valence electrons. The van der Waals surface area contributed by atoms with Crippen LogP contribution < -0.4 is 4.98 Å². The molecule has 0 saturated heterocycles. The fraction of sp³-hybridized carbons (Fsp3) is 1.00. The maximum atomic E-state index is 4.31. The molecule has 0 fully saturated rings. The van der Waals surface area contributed by atoms with Gasteiger partial charge in [0, 0.05) is 12.1 Å². The number of nitrogens with one attached hydrogen (secondary N) is 1. The third-order valence-electron chi connectivity index (χ3n) is 6.10. The van der Waals surface area contributed by atoms with Crippen LogP contribution in [0.4, 0.5) is 0 Å². The summed E-state index contributed by atoms with van der Waals surface area (Å²) >= 11 is 0. The molecule has 0 aromatic rings. The van der Waals surface area contributed by atoms with Gasteiger partial charge in [0.05, 0.1) is 0 Å². The molecule has 0 heterocycles. The Bertz CT molecular complexity index is 257. The summed E-state index contributed by atoms with van der Waals surface area (Å²) < 4.78 is 0. The molecule has 0 amide bonds. The molecule has 0 aliphatic rings. The zero-order valence-electron chi connectivity index (χ0n) is 17.4. The highest BCUT2D eigenvalue weighted by atomic mass is 28.3. The Hall–Kier alpha value is 0.137. The molecule has 0 aliphatic carbocycles. The first kappa shape index (κ1) is 23.1. The second-order valence-electron chi connectivity index (χ2n) is 7.44. The summed E-state index contributed by atoms with van der Waals surface area (Å²) in [6.07, 6.45) is 7.80. The lowest BCUT2D eigenvalue weighted by Gasteiger charge is -2.45. The molecule has 0 rings (SSSR count). The average Bonchev–Trinajstić information content (AvgIpc) is 2.61. The number of hydrogen-bond acceptors (Lipinski definition) is 2. The van der Waals surface area contributed by atoms with Crippen LogP contribution in [0.25, 0.3) is 0 Å². The van der Waals surface area contributed by atoms with Crippen molar-refractivity contribution >= 4 is 8.24 Å². The second kappa shape index (κ2) is 12.5. The maximum Gasteiger partial charge on any atom is 0.125 e. The standard InChI is InChI=1S/C20H46N2Si/c1-8-15-17-22(18-16-9-2)19-20(10-3,11-4)21-23(12-5,13-6)14-7/h21H,8-19H2,1-7H3. The molecule has 0 saturated carbocycles. The predicted molar refractivity (Wildman–Crippen MR) is 110 cm³/mol. The summed E-state index contributed by atoms with van der Waals surface area (Å²) in [5.74, 6) is 0. The summed E-state index contributed by atoms with van der Waals surface area (Å²) in [6, 6.07) is 4.10. The van der Waals surface area contributed by atoms with Gasteiger partial charge in [0.25, 0.3) is 0 Å². The van der Waals surface area contributed by atoms with Gasteiger partial charge in [0.15, 0.2) is 0 Å². The van der Waals surface area contributed by atoms with Gasteiger partial charge in [0.1, 0.15) is 8.24 Å². The molecule has 0 unspecified atom stereocenters. The van der Waals surface area contributed by atoms with Crippen molar-refractivity contribution in [3.8, 4) is 0 Å². The molecule has 23 heavy (non-hydrogen) atoms. The van der Waals surface area contributed by atoms with Crippen molar-refractivity contribution in [2.24, 2.45) is 0 Å². The van der Waals surface area contributed by atoms with Crippen molar-refractivity contribution in [1.29, 1.82) is 0 Å². The van der Waals surface area contributed by atoms with Gasteiger partial charge in [-0.25, -0.2) is 0 Å². The number of rotatable bonds is 15. The molecule has 1 N–H and O–H groups in total. The van der Waals surface area contributed by atoms with Crippen LogP contribution in [0.15, 0.2) is 0 Å². The van der Waals surface area contributed by atoms with E-state index in [1.807, 2.05) is 0 Å². The normalized spacial score (nSPS) is 13.0. The van der Waals surface area contributed by atoms with Crippen molar-refractivity contribution in [3.63, 3.8) is 0 Å². The Morgan fingerprint density at radius 2 is 1.17 bits per heavy atom. The van der Waals surface area contributed by atoms with E-state index in [0.717, 1.165) is 0 Å². The van der Waals surface area contributed by atoms with Gasteiger partial charge in [-0.15, -0.1) is 0 Å². The van der Waals surface area contributed by atoms with Crippen LogP contribution >= 0.6 is 0 Å². The summed E-state index contributed by atoms with van der Waals surface area (Å²) in [4.78, 5) is 7.07. The van der Waals surface area contributed by atoms with Crippen LogP contribution in [0.1, 0.15) is 87.0 Å². The molecule has 3 heteroatoms. The van der Waals surface area contributed by atoms with E-state index in [1.165, 1.54) is 76.3 Å². The second-order valence-corrected chi connectivity index (χ2v) is 12.4. The van der Waals surface area contributed by atoms with Crippen molar-refractivity contribution in [2.75, 3.05) is 19.6 Å². The molecule has 0 bridgehead atoms. The summed E-state index contributed by atoms with van der Waals surface area (Å²) in [5, 5.41) is 0. The van der Waals surface area contributed by atoms with E-state index in [1.54, 1.807) is 0 Å². The van der Waals surface area contributed by atoms with Crippen molar-refractivity contribution in [1.82, 2.24) is 9.88 Å². The van der Waals surface area contributed by atoms with Crippen LogP contribution in [0, 0.1) is 0 Å². The Morgan fingerprint density at radius 3 is 1.48 bits per heavy atom. The van der Waals surface area contributed by atoms with Gasteiger partial charge in [-0.3, -0.25) is 0 Å². The zero-order chi connectivity index (χ0) is 17.8. The van der Waals surface area contributed by atoms with E-state index in [0.29, 0.717) is 5.54 Å². The first-order chi connectivity index (χ1) is 11.0. The topological polar surface area (TPSA) is 15.3 Å². The van der Waals surface area contributed by atoms with E-state index in [4.69, 9.17) is 0 Å². The van der Waals surface area contributed by atoms with E-state index in [-0.39, 0.29) is 0 Å². The molecular formula is C20H46N2Si. The van der Waals surface area contributed by atoms with Gasteiger partial charge in [-0.2, -0.15) is 0 Å².